The molecular weight excluding hydrogens is 212 g/mol. The molecule has 17 heavy (non-hydrogen) atoms. The second-order valence-corrected chi connectivity index (χ2v) is 6.03. The summed E-state index contributed by atoms with van der Waals surface area (Å²) in [5.74, 6) is 1.04. The predicted octanol–water partition coefficient (Wildman–Crippen LogP) is 1.63. The first-order valence-corrected chi connectivity index (χ1v) is 7.48. The Morgan fingerprint density at radius 2 is 1.53 bits per heavy atom. The summed E-state index contributed by atoms with van der Waals surface area (Å²) in [4.78, 5) is 2.65. The van der Waals surface area contributed by atoms with Gasteiger partial charge in [-0.25, -0.2) is 0 Å². The van der Waals surface area contributed by atoms with Gasteiger partial charge in [-0.15, -0.1) is 0 Å². The number of hydrogen-bond acceptors (Lipinski definition) is 3. The Bertz CT molecular complexity index is 228. The molecule has 98 valence electrons. The molecule has 0 unspecified atom stereocenters. The third-order valence-electron chi connectivity index (χ3n) is 4.42. The van der Waals surface area contributed by atoms with E-state index in [1.165, 1.54) is 58.2 Å². The van der Waals surface area contributed by atoms with Crippen LogP contribution in [0.15, 0.2) is 0 Å². The number of rotatable bonds is 4. The van der Waals surface area contributed by atoms with E-state index in [-0.39, 0.29) is 0 Å². The first-order valence-electron chi connectivity index (χ1n) is 7.48. The van der Waals surface area contributed by atoms with Crippen LogP contribution in [-0.2, 0) is 4.74 Å². The van der Waals surface area contributed by atoms with E-state index < -0.39 is 0 Å². The Labute approximate surface area is 105 Å². The Hall–Kier alpha value is -0.120. The fourth-order valence-corrected chi connectivity index (χ4v) is 3.10. The molecule has 0 aromatic carbocycles. The van der Waals surface area contributed by atoms with Crippen LogP contribution in [0.5, 0.6) is 0 Å². The zero-order valence-electron chi connectivity index (χ0n) is 10.9. The molecule has 1 N–H and O–H groups in total. The molecule has 3 heteroatoms. The Balaban J connectivity index is 1.35. The molecule has 0 radical (unpaired) electrons. The molecule has 0 atom stereocenters. The van der Waals surface area contributed by atoms with Crippen LogP contribution < -0.4 is 5.32 Å². The molecule has 2 aliphatic heterocycles. The van der Waals surface area contributed by atoms with Gasteiger partial charge in [0.15, 0.2) is 0 Å². The molecule has 3 rings (SSSR count). The van der Waals surface area contributed by atoms with Gasteiger partial charge >= 0.3 is 0 Å². The van der Waals surface area contributed by atoms with E-state index in [4.69, 9.17) is 4.74 Å². The number of ether oxygens (including phenoxy) is 1. The number of hydrogen-bond donors (Lipinski definition) is 1. The summed E-state index contributed by atoms with van der Waals surface area (Å²) in [7, 11) is 0. The quantitative estimate of drug-likeness (QED) is 0.805. The second kappa shape index (κ2) is 5.68. The molecule has 1 saturated carbocycles. The van der Waals surface area contributed by atoms with Crippen molar-refractivity contribution < 1.29 is 4.74 Å². The van der Waals surface area contributed by atoms with E-state index in [2.05, 4.69) is 10.2 Å². The van der Waals surface area contributed by atoms with Crippen molar-refractivity contribution in [1.82, 2.24) is 10.2 Å². The Morgan fingerprint density at radius 1 is 0.882 bits per heavy atom. The topological polar surface area (TPSA) is 24.5 Å². The molecule has 1 aliphatic carbocycles. The van der Waals surface area contributed by atoms with Crippen molar-refractivity contribution >= 4 is 0 Å². The van der Waals surface area contributed by atoms with Crippen LogP contribution in [0.4, 0.5) is 0 Å². The van der Waals surface area contributed by atoms with Crippen LogP contribution in [0.2, 0.25) is 0 Å². The van der Waals surface area contributed by atoms with Crippen LogP contribution in [0.1, 0.15) is 38.5 Å². The van der Waals surface area contributed by atoms with Gasteiger partial charge in [-0.1, -0.05) is 0 Å². The summed E-state index contributed by atoms with van der Waals surface area (Å²) in [5.41, 5.74) is 0. The van der Waals surface area contributed by atoms with Crippen molar-refractivity contribution in [3.63, 3.8) is 0 Å². The number of piperidine rings is 2. The van der Waals surface area contributed by atoms with Gasteiger partial charge in [-0.2, -0.15) is 0 Å². The second-order valence-electron chi connectivity index (χ2n) is 6.03. The fraction of sp³-hybridized carbons (Fsp3) is 1.00. The van der Waals surface area contributed by atoms with E-state index in [0.29, 0.717) is 12.2 Å². The van der Waals surface area contributed by atoms with Gasteiger partial charge in [0.2, 0.25) is 0 Å². The largest absolute Gasteiger partial charge is 0.375 e. The molecule has 3 nitrogen and oxygen atoms in total. The number of likely N-dealkylation sites (tertiary alicyclic amines) is 1. The summed E-state index contributed by atoms with van der Waals surface area (Å²) in [6, 6.07) is 0. The van der Waals surface area contributed by atoms with Crippen LogP contribution in [0.3, 0.4) is 0 Å². The lowest BCUT2D eigenvalue weighted by atomic mass is 10.1. The minimum absolute atomic E-state index is 0.538. The SMILES string of the molecule is C1CC(OC2CCN(CC3CC3)CC2)CCN1. The minimum atomic E-state index is 0.538. The first-order chi connectivity index (χ1) is 8.40. The molecule has 0 amide bonds. The summed E-state index contributed by atoms with van der Waals surface area (Å²) in [6.07, 6.45) is 8.99. The molecule has 2 saturated heterocycles. The molecule has 0 bridgehead atoms. The van der Waals surface area contributed by atoms with Crippen molar-refractivity contribution in [3.8, 4) is 0 Å². The van der Waals surface area contributed by atoms with Crippen molar-refractivity contribution in [2.24, 2.45) is 5.92 Å². The molecular formula is C14H26N2O. The van der Waals surface area contributed by atoms with Gasteiger partial charge in [0.25, 0.3) is 0 Å². The minimum Gasteiger partial charge on any atom is -0.375 e. The lowest BCUT2D eigenvalue weighted by Crippen LogP contribution is -2.41. The maximum Gasteiger partial charge on any atom is 0.0603 e. The maximum absolute atomic E-state index is 6.23. The van der Waals surface area contributed by atoms with Crippen LogP contribution in [-0.4, -0.2) is 49.8 Å². The monoisotopic (exact) mass is 238 g/mol. The fourth-order valence-electron chi connectivity index (χ4n) is 3.10. The van der Waals surface area contributed by atoms with Crippen molar-refractivity contribution in [2.45, 2.75) is 50.7 Å². The highest BCUT2D eigenvalue weighted by Gasteiger charge is 2.28. The first kappa shape index (κ1) is 11.9. The van der Waals surface area contributed by atoms with Crippen LogP contribution in [0.25, 0.3) is 0 Å². The summed E-state index contributed by atoms with van der Waals surface area (Å²) < 4.78 is 6.23. The predicted molar refractivity (Wildman–Crippen MR) is 69.2 cm³/mol. The normalized spacial score (nSPS) is 29.6. The average molecular weight is 238 g/mol. The van der Waals surface area contributed by atoms with E-state index in [9.17, 15) is 0 Å². The summed E-state index contributed by atoms with van der Waals surface area (Å²) in [6.45, 7) is 6.19. The third-order valence-corrected chi connectivity index (χ3v) is 4.42. The van der Waals surface area contributed by atoms with E-state index in [1.54, 1.807) is 0 Å². The number of nitrogens with one attached hydrogen (secondary N) is 1. The molecule has 0 aromatic rings. The maximum atomic E-state index is 6.23. The van der Waals surface area contributed by atoms with Gasteiger partial charge in [0.05, 0.1) is 12.2 Å². The molecule has 0 spiro atoms. The van der Waals surface area contributed by atoms with Crippen molar-refractivity contribution in [1.29, 1.82) is 0 Å². The smallest absolute Gasteiger partial charge is 0.0603 e. The van der Waals surface area contributed by atoms with Gasteiger partial charge in [0.1, 0.15) is 0 Å². The van der Waals surface area contributed by atoms with Crippen molar-refractivity contribution in [3.05, 3.63) is 0 Å². The average Bonchev–Trinajstić information content (AvgIpc) is 3.17. The van der Waals surface area contributed by atoms with E-state index in [1.807, 2.05) is 0 Å². The lowest BCUT2D eigenvalue weighted by Gasteiger charge is -2.35. The van der Waals surface area contributed by atoms with E-state index >= 15 is 0 Å². The highest BCUT2D eigenvalue weighted by Crippen LogP contribution is 2.31. The lowest BCUT2D eigenvalue weighted by molar-refractivity contribution is -0.0534. The van der Waals surface area contributed by atoms with E-state index in [0.717, 1.165) is 19.0 Å². The molecule has 0 aromatic heterocycles. The standard InChI is InChI=1S/C14H26N2O/c1-2-12(1)11-16-9-5-14(6-10-16)17-13-3-7-15-8-4-13/h12-15H,1-11H2. The molecule has 3 aliphatic rings. The zero-order chi connectivity index (χ0) is 11.5. The molecule has 3 fully saturated rings. The van der Waals surface area contributed by atoms with Gasteiger partial charge < -0.3 is 15.0 Å². The van der Waals surface area contributed by atoms with Gasteiger partial charge in [-0.05, 0) is 57.5 Å². The summed E-state index contributed by atoms with van der Waals surface area (Å²) in [5, 5.41) is 3.40. The Kier molecular flexibility index (Phi) is 3.99. The third kappa shape index (κ3) is 3.67. The zero-order valence-corrected chi connectivity index (χ0v) is 10.9. The van der Waals surface area contributed by atoms with Crippen molar-refractivity contribution in [2.75, 3.05) is 32.7 Å². The van der Waals surface area contributed by atoms with Gasteiger partial charge in [0, 0.05) is 19.6 Å². The molecule has 2 heterocycles. The summed E-state index contributed by atoms with van der Waals surface area (Å²) >= 11 is 0. The highest BCUT2D eigenvalue weighted by molar-refractivity contribution is 4.81. The van der Waals surface area contributed by atoms with Crippen LogP contribution in [0, 0.1) is 5.92 Å². The Morgan fingerprint density at radius 3 is 2.18 bits per heavy atom. The van der Waals surface area contributed by atoms with Crippen LogP contribution >= 0.6 is 0 Å². The number of nitrogens with zero attached hydrogens (tertiary/aromatic N) is 1. The highest BCUT2D eigenvalue weighted by atomic mass is 16.5. The van der Waals surface area contributed by atoms with Gasteiger partial charge in [-0.3, -0.25) is 0 Å².